The standard InChI is InChI=1S/C18H20N4O3/c19-10-13-4-5-16-17(8-13)22(18(24)11-21-16)7-6-20-14-2-1-3-15(9-14)25-12-23/h4-5,8,11-12,14-15,20H,1-3,6-7,9H2/t14-,15?/m0/s1. The summed E-state index contributed by atoms with van der Waals surface area (Å²) in [6, 6.07) is 7.50. The molecule has 1 aromatic heterocycles. The number of nitriles is 1. The summed E-state index contributed by atoms with van der Waals surface area (Å²) < 4.78 is 6.70. The van der Waals surface area contributed by atoms with Crippen molar-refractivity contribution in [1.29, 1.82) is 5.26 Å². The van der Waals surface area contributed by atoms with E-state index in [9.17, 15) is 9.59 Å². The van der Waals surface area contributed by atoms with Crippen LogP contribution in [0, 0.1) is 11.3 Å². The lowest BCUT2D eigenvalue weighted by atomic mass is 9.93. The third kappa shape index (κ3) is 4.03. The maximum Gasteiger partial charge on any atom is 0.293 e. The van der Waals surface area contributed by atoms with Crippen molar-refractivity contribution in [3.8, 4) is 6.07 Å². The Hall–Kier alpha value is -2.72. The molecule has 25 heavy (non-hydrogen) atoms. The average Bonchev–Trinajstić information content (AvgIpc) is 2.64. The SMILES string of the molecule is N#Cc1ccc2ncc(=O)n(CCN[C@H]3CCCC(OC=O)C3)c2c1. The van der Waals surface area contributed by atoms with Crippen LogP contribution in [0.5, 0.6) is 0 Å². The molecule has 1 aliphatic rings. The molecule has 0 bridgehead atoms. The smallest absolute Gasteiger partial charge is 0.293 e. The minimum absolute atomic E-state index is 0.0218. The molecule has 1 aliphatic carbocycles. The number of benzene rings is 1. The third-order valence-electron chi connectivity index (χ3n) is 4.62. The van der Waals surface area contributed by atoms with Gasteiger partial charge >= 0.3 is 0 Å². The molecule has 1 aromatic carbocycles. The molecule has 1 N–H and O–H groups in total. The predicted molar refractivity (Wildman–Crippen MR) is 91.9 cm³/mol. The van der Waals surface area contributed by atoms with Gasteiger partial charge in [-0.2, -0.15) is 5.26 Å². The molecule has 1 heterocycles. The molecule has 2 atom stereocenters. The number of carbonyl (C=O) groups is 1. The van der Waals surface area contributed by atoms with Crippen molar-refractivity contribution in [1.82, 2.24) is 14.9 Å². The largest absolute Gasteiger partial charge is 0.465 e. The van der Waals surface area contributed by atoms with Crippen molar-refractivity contribution in [3.63, 3.8) is 0 Å². The fraction of sp³-hybridized carbons (Fsp3) is 0.444. The first-order chi connectivity index (χ1) is 12.2. The maximum absolute atomic E-state index is 12.2. The van der Waals surface area contributed by atoms with Gasteiger partial charge in [-0.3, -0.25) is 9.59 Å². The summed E-state index contributed by atoms with van der Waals surface area (Å²) in [5, 5.41) is 12.5. The monoisotopic (exact) mass is 340 g/mol. The number of fused-ring (bicyclic) bond motifs is 1. The highest BCUT2D eigenvalue weighted by atomic mass is 16.5. The molecule has 3 rings (SSSR count). The highest BCUT2D eigenvalue weighted by Crippen LogP contribution is 2.20. The van der Waals surface area contributed by atoms with E-state index in [-0.39, 0.29) is 17.7 Å². The van der Waals surface area contributed by atoms with E-state index in [1.165, 1.54) is 6.20 Å². The molecule has 1 saturated carbocycles. The van der Waals surface area contributed by atoms with Gasteiger partial charge in [-0.15, -0.1) is 0 Å². The topological polar surface area (TPSA) is 97.0 Å². The van der Waals surface area contributed by atoms with Crippen molar-refractivity contribution in [2.75, 3.05) is 6.54 Å². The second kappa shape index (κ2) is 7.90. The molecule has 7 heteroatoms. The molecule has 7 nitrogen and oxygen atoms in total. The zero-order valence-electron chi connectivity index (χ0n) is 13.9. The maximum atomic E-state index is 12.2. The van der Waals surface area contributed by atoms with Crippen molar-refractivity contribution in [3.05, 3.63) is 40.3 Å². The number of carbonyl (C=O) groups excluding carboxylic acids is 1. The predicted octanol–water partition coefficient (Wildman–Crippen LogP) is 1.34. The Morgan fingerprint density at radius 1 is 1.44 bits per heavy atom. The van der Waals surface area contributed by atoms with Crippen LogP contribution in [-0.2, 0) is 16.1 Å². The van der Waals surface area contributed by atoms with Crippen LogP contribution in [0.2, 0.25) is 0 Å². The molecular formula is C18H20N4O3. The van der Waals surface area contributed by atoms with Crippen LogP contribution >= 0.6 is 0 Å². The van der Waals surface area contributed by atoms with Gasteiger partial charge in [0, 0.05) is 19.1 Å². The van der Waals surface area contributed by atoms with Crippen LogP contribution in [0.1, 0.15) is 31.2 Å². The first-order valence-corrected chi connectivity index (χ1v) is 8.43. The Morgan fingerprint density at radius 2 is 2.32 bits per heavy atom. The number of nitrogens with one attached hydrogen (secondary N) is 1. The van der Waals surface area contributed by atoms with Gasteiger partial charge in [0.25, 0.3) is 12.0 Å². The molecule has 1 unspecified atom stereocenters. The minimum Gasteiger partial charge on any atom is -0.465 e. The van der Waals surface area contributed by atoms with Gasteiger partial charge < -0.3 is 14.6 Å². The van der Waals surface area contributed by atoms with E-state index < -0.39 is 0 Å². The van der Waals surface area contributed by atoms with Gasteiger partial charge in [-0.1, -0.05) is 0 Å². The number of ether oxygens (including phenoxy) is 1. The van der Waals surface area contributed by atoms with Crippen LogP contribution in [-0.4, -0.2) is 34.7 Å². The minimum atomic E-state index is -0.185. The number of hydrogen-bond donors (Lipinski definition) is 1. The second-order valence-corrected chi connectivity index (χ2v) is 6.24. The number of hydrogen-bond acceptors (Lipinski definition) is 6. The van der Waals surface area contributed by atoms with Crippen LogP contribution in [0.15, 0.2) is 29.2 Å². The van der Waals surface area contributed by atoms with Gasteiger partial charge in [0.1, 0.15) is 6.10 Å². The van der Waals surface area contributed by atoms with Gasteiger partial charge in [-0.25, -0.2) is 4.98 Å². The van der Waals surface area contributed by atoms with Crippen LogP contribution < -0.4 is 10.9 Å². The zero-order chi connectivity index (χ0) is 17.6. The lowest BCUT2D eigenvalue weighted by Gasteiger charge is -2.28. The van der Waals surface area contributed by atoms with E-state index in [0.717, 1.165) is 25.7 Å². The van der Waals surface area contributed by atoms with Crippen LogP contribution in [0.3, 0.4) is 0 Å². The Bertz CT molecular complexity index is 856. The normalized spacial score (nSPS) is 20.1. The summed E-state index contributed by atoms with van der Waals surface area (Å²) in [6.45, 7) is 1.62. The quantitative estimate of drug-likeness (QED) is 0.797. The van der Waals surface area contributed by atoms with E-state index in [1.807, 2.05) is 0 Å². The Morgan fingerprint density at radius 3 is 3.12 bits per heavy atom. The summed E-state index contributed by atoms with van der Waals surface area (Å²) >= 11 is 0. The van der Waals surface area contributed by atoms with E-state index in [1.54, 1.807) is 22.8 Å². The molecule has 130 valence electrons. The van der Waals surface area contributed by atoms with Crippen molar-refractivity contribution >= 4 is 17.5 Å². The molecule has 0 aliphatic heterocycles. The summed E-state index contributed by atoms with van der Waals surface area (Å²) in [7, 11) is 0. The Kier molecular flexibility index (Phi) is 5.41. The van der Waals surface area contributed by atoms with Gasteiger partial charge in [0.15, 0.2) is 0 Å². The lowest BCUT2D eigenvalue weighted by molar-refractivity contribution is -0.135. The summed E-state index contributed by atoms with van der Waals surface area (Å²) in [5.74, 6) is 0. The first-order valence-electron chi connectivity index (χ1n) is 8.43. The van der Waals surface area contributed by atoms with Crippen molar-refractivity contribution in [2.45, 2.75) is 44.4 Å². The molecule has 2 aromatic rings. The highest BCUT2D eigenvalue weighted by molar-refractivity contribution is 5.76. The van der Waals surface area contributed by atoms with Crippen LogP contribution in [0.4, 0.5) is 0 Å². The zero-order valence-corrected chi connectivity index (χ0v) is 13.9. The summed E-state index contributed by atoms with van der Waals surface area (Å²) in [4.78, 5) is 26.8. The molecular weight excluding hydrogens is 320 g/mol. The number of aromatic nitrogens is 2. The highest BCUT2D eigenvalue weighted by Gasteiger charge is 2.22. The molecule has 0 saturated heterocycles. The van der Waals surface area contributed by atoms with E-state index in [0.29, 0.717) is 36.2 Å². The van der Waals surface area contributed by atoms with Gasteiger partial charge in [0.2, 0.25) is 0 Å². The lowest BCUT2D eigenvalue weighted by Crippen LogP contribution is -2.39. The fourth-order valence-corrected chi connectivity index (χ4v) is 3.38. The second-order valence-electron chi connectivity index (χ2n) is 6.24. The fourth-order valence-electron chi connectivity index (χ4n) is 3.38. The molecule has 1 fully saturated rings. The Balaban J connectivity index is 1.69. The summed E-state index contributed by atoms with van der Waals surface area (Å²) in [6.07, 6.45) is 5.03. The molecule has 0 radical (unpaired) electrons. The van der Waals surface area contributed by atoms with Crippen molar-refractivity contribution < 1.29 is 9.53 Å². The van der Waals surface area contributed by atoms with E-state index >= 15 is 0 Å². The number of nitrogens with zero attached hydrogens (tertiary/aromatic N) is 3. The van der Waals surface area contributed by atoms with Crippen LogP contribution in [0.25, 0.3) is 11.0 Å². The molecule has 0 amide bonds. The third-order valence-corrected chi connectivity index (χ3v) is 4.62. The first kappa shape index (κ1) is 17.1. The average molecular weight is 340 g/mol. The van der Waals surface area contributed by atoms with Gasteiger partial charge in [-0.05, 0) is 43.9 Å². The van der Waals surface area contributed by atoms with Gasteiger partial charge in [0.05, 0.1) is 28.9 Å². The molecule has 0 spiro atoms. The van der Waals surface area contributed by atoms with Crippen molar-refractivity contribution in [2.24, 2.45) is 0 Å². The number of rotatable bonds is 6. The summed E-state index contributed by atoms with van der Waals surface area (Å²) in [5.41, 5.74) is 1.67. The Labute approximate surface area is 145 Å². The van der Waals surface area contributed by atoms with E-state index in [4.69, 9.17) is 10.00 Å². The van der Waals surface area contributed by atoms with E-state index in [2.05, 4.69) is 16.4 Å².